The maximum absolute atomic E-state index is 13.1. The molecule has 17 nitrogen and oxygen atoms in total. The molecule has 0 aromatic rings. The zero-order valence-electron chi connectivity index (χ0n) is 60.0. The number of esters is 4. The smallest absolute Gasteiger partial charge is 0.462 e. The molecule has 0 fully saturated rings. The van der Waals surface area contributed by atoms with Crippen molar-refractivity contribution < 1.29 is 80.2 Å². The number of aliphatic hydroxyl groups is 1. The second-order valence-electron chi connectivity index (χ2n) is 24.5. The molecule has 0 aromatic heterocycles. The van der Waals surface area contributed by atoms with Gasteiger partial charge in [-0.1, -0.05) is 240 Å². The van der Waals surface area contributed by atoms with Crippen molar-refractivity contribution in [3.05, 3.63) is 109 Å². The Kier molecular flexibility index (Phi) is 66.1. The molecule has 19 heteroatoms. The minimum atomic E-state index is -4.99. The first kappa shape index (κ1) is 91.7. The van der Waals surface area contributed by atoms with E-state index in [1.165, 1.54) is 44.9 Å². The van der Waals surface area contributed by atoms with Gasteiger partial charge in [-0.05, 0) is 141 Å². The molecule has 0 aliphatic rings. The number of aliphatic hydroxyl groups excluding tert-OH is 1. The molecule has 0 aromatic carbocycles. The highest BCUT2D eigenvalue weighted by atomic mass is 31.2. The van der Waals surface area contributed by atoms with Gasteiger partial charge in [0.2, 0.25) is 0 Å². The number of hydrogen-bond donors (Lipinski definition) is 3. The average Bonchev–Trinajstić information content (AvgIpc) is 1.16. The van der Waals surface area contributed by atoms with Crippen molar-refractivity contribution >= 4 is 39.5 Å². The van der Waals surface area contributed by atoms with Crippen molar-refractivity contribution in [2.45, 2.75) is 316 Å². The predicted octanol–water partition coefficient (Wildman–Crippen LogP) is 21.0. The maximum Gasteiger partial charge on any atom is 0.472 e. The van der Waals surface area contributed by atoms with E-state index in [1.807, 2.05) is 0 Å². The van der Waals surface area contributed by atoms with Gasteiger partial charge >= 0.3 is 39.5 Å². The standard InChI is InChI=1S/C77H132O17P2/c1-5-9-13-17-21-25-29-31-33-34-35-36-38-39-43-46-50-54-58-62-75(80)88-68-73(94-77(82)64-60-56-52-48-44-40-37-32-30-26-22-18-14-10-6-2)70-92-96(85,86)90-66-71(78)65-89-95(83,84)91-69-72(93-76(81)63-59-55-51-47-42-28-24-20-16-12-8-4)67-87-74(79)61-57-53-49-45-41-27-23-19-15-11-7-3/h10,14,19-26,31-33,35-37,44,48,71-73,78H,5-9,11-13,15-18,27-30,34,38-43,45-47,49-70H2,1-4H3,(H,83,84)(H,85,86)/b14-10-,23-19-,24-20-,25-21-,26-22-,33-31-,36-35-,37-32-,48-44-. The molecule has 0 heterocycles. The summed E-state index contributed by atoms with van der Waals surface area (Å²) in [5.74, 6) is -2.26. The third kappa shape index (κ3) is 68.3. The van der Waals surface area contributed by atoms with Crippen LogP contribution in [-0.2, 0) is 65.4 Å². The second kappa shape index (κ2) is 69.2. The Morgan fingerprint density at radius 1 is 0.302 bits per heavy atom. The highest BCUT2D eigenvalue weighted by molar-refractivity contribution is 7.47. The summed E-state index contributed by atoms with van der Waals surface area (Å²) in [6.07, 6.45) is 72.4. The molecule has 552 valence electrons. The molecule has 96 heavy (non-hydrogen) atoms. The summed E-state index contributed by atoms with van der Waals surface area (Å²) < 4.78 is 68.3. The highest BCUT2D eigenvalue weighted by Gasteiger charge is 2.30. The average molecular weight is 1390 g/mol. The fourth-order valence-electron chi connectivity index (χ4n) is 9.47. The van der Waals surface area contributed by atoms with Gasteiger partial charge in [0.1, 0.15) is 19.3 Å². The Bertz CT molecular complexity index is 2250. The van der Waals surface area contributed by atoms with Crippen LogP contribution in [0.1, 0.15) is 297 Å². The van der Waals surface area contributed by atoms with Gasteiger partial charge in [-0.25, -0.2) is 9.13 Å². The lowest BCUT2D eigenvalue weighted by Crippen LogP contribution is -2.30. The number of unbranched alkanes of at least 4 members (excludes halogenated alkanes) is 25. The van der Waals surface area contributed by atoms with Crippen LogP contribution >= 0.6 is 15.6 Å². The monoisotopic (exact) mass is 1390 g/mol. The van der Waals surface area contributed by atoms with Crippen molar-refractivity contribution in [2.24, 2.45) is 0 Å². The van der Waals surface area contributed by atoms with Gasteiger partial charge in [-0.2, -0.15) is 0 Å². The Morgan fingerprint density at radius 3 is 0.896 bits per heavy atom. The first-order valence-electron chi connectivity index (χ1n) is 37.1. The van der Waals surface area contributed by atoms with E-state index in [2.05, 4.69) is 137 Å². The lowest BCUT2D eigenvalue weighted by Gasteiger charge is -2.21. The van der Waals surface area contributed by atoms with E-state index in [9.17, 15) is 43.2 Å². The van der Waals surface area contributed by atoms with E-state index in [0.717, 1.165) is 167 Å². The van der Waals surface area contributed by atoms with Gasteiger partial charge in [0.25, 0.3) is 0 Å². The summed E-state index contributed by atoms with van der Waals surface area (Å²) in [4.78, 5) is 72.6. The predicted molar refractivity (Wildman–Crippen MR) is 390 cm³/mol. The number of carbonyl (C=O) groups excluding carboxylic acids is 4. The van der Waals surface area contributed by atoms with Gasteiger partial charge in [0.15, 0.2) is 12.2 Å². The number of phosphoric acid groups is 2. The number of hydrogen-bond acceptors (Lipinski definition) is 15. The van der Waals surface area contributed by atoms with E-state index >= 15 is 0 Å². The molecule has 5 unspecified atom stereocenters. The Morgan fingerprint density at radius 2 is 0.552 bits per heavy atom. The van der Waals surface area contributed by atoms with Gasteiger partial charge in [-0.15, -0.1) is 0 Å². The molecule has 3 N–H and O–H groups in total. The first-order chi connectivity index (χ1) is 46.7. The van der Waals surface area contributed by atoms with Crippen LogP contribution in [0.4, 0.5) is 0 Å². The van der Waals surface area contributed by atoms with Crippen LogP contribution in [0.3, 0.4) is 0 Å². The van der Waals surface area contributed by atoms with Crippen molar-refractivity contribution in [2.75, 3.05) is 39.6 Å². The molecule has 5 atom stereocenters. The third-order valence-electron chi connectivity index (χ3n) is 15.2. The molecule has 0 rings (SSSR count). The minimum absolute atomic E-state index is 0.0380. The molecule has 0 amide bonds. The third-order valence-corrected chi connectivity index (χ3v) is 17.1. The Hall–Kier alpha value is -4.28. The lowest BCUT2D eigenvalue weighted by atomic mass is 10.1. The maximum atomic E-state index is 13.1. The summed E-state index contributed by atoms with van der Waals surface area (Å²) in [5, 5.41) is 10.6. The van der Waals surface area contributed by atoms with Crippen molar-refractivity contribution in [3.63, 3.8) is 0 Å². The summed E-state index contributed by atoms with van der Waals surface area (Å²) in [7, 11) is -9.96. The van der Waals surface area contributed by atoms with Crippen molar-refractivity contribution in [1.82, 2.24) is 0 Å². The van der Waals surface area contributed by atoms with Gasteiger partial charge in [0.05, 0.1) is 26.4 Å². The molecule has 0 saturated carbocycles. The van der Waals surface area contributed by atoms with E-state index in [-0.39, 0.29) is 25.7 Å². The minimum Gasteiger partial charge on any atom is -0.462 e. The molecular weight excluding hydrogens is 1260 g/mol. The molecule has 0 saturated heterocycles. The van der Waals surface area contributed by atoms with Crippen LogP contribution in [-0.4, -0.2) is 96.7 Å². The van der Waals surface area contributed by atoms with Crippen molar-refractivity contribution in [1.29, 1.82) is 0 Å². The lowest BCUT2D eigenvalue weighted by molar-refractivity contribution is -0.161. The second-order valence-corrected chi connectivity index (χ2v) is 27.4. The largest absolute Gasteiger partial charge is 0.472 e. The quantitative estimate of drug-likeness (QED) is 0.0169. The van der Waals surface area contributed by atoms with E-state index in [4.69, 9.17) is 37.0 Å². The topological polar surface area (TPSA) is 237 Å². The zero-order chi connectivity index (χ0) is 70.4. The SMILES string of the molecule is CC/C=C\C/C=C\C/C=C\C/C=C\CCCCC(=O)OC(COC(=O)CCCCCCCC/C=C\C/C=C\C/C=C\CCCCC)COP(=O)(O)OCC(O)COP(=O)(O)OCC(COC(=O)CCCCCCC/C=C\CCCC)OC(=O)CCCCCCC/C=C\CCCC. The van der Waals surface area contributed by atoms with Crippen LogP contribution < -0.4 is 0 Å². The number of phosphoric ester groups is 2. The van der Waals surface area contributed by atoms with Gasteiger partial charge < -0.3 is 33.8 Å². The van der Waals surface area contributed by atoms with Crippen LogP contribution in [0.5, 0.6) is 0 Å². The molecule has 0 spiro atoms. The normalized spacial score (nSPS) is 14.6. The number of ether oxygens (including phenoxy) is 4. The van der Waals surface area contributed by atoms with Crippen LogP contribution in [0, 0.1) is 0 Å². The van der Waals surface area contributed by atoms with Crippen LogP contribution in [0.25, 0.3) is 0 Å². The fraction of sp³-hybridized carbons (Fsp3) is 0.714. The first-order valence-corrected chi connectivity index (χ1v) is 40.1. The molecule has 0 radical (unpaired) electrons. The molecule has 0 aliphatic heterocycles. The summed E-state index contributed by atoms with van der Waals surface area (Å²) in [6, 6.07) is 0. The Labute approximate surface area is 581 Å². The van der Waals surface area contributed by atoms with Crippen LogP contribution in [0.15, 0.2) is 109 Å². The number of rotatable bonds is 69. The van der Waals surface area contributed by atoms with E-state index in [0.29, 0.717) is 32.1 Å². The van der Waals surface area contributed by atoms with E-state index in [1.54, 1.807) is 0 Å². The zero-order valence-corrected chi connectivity index (χ0v) is 61.8. The number of carbonyl (C=O) groups is 4. The fourth-order valence-corrected chi connectivity index (χ4v) is 11.1. The summed E-state index contributed by atoms with van der Waals surface area (Å²) in [5.41, 5.74) is 0. The molecular formula is C77H132O17P2. The Balaban J connectivity index is 5.36. The summed E-state index contributed by atoms with van der Waals surface area (Å²) >= 11 is 0. The molecule has 0 bridgehead atoms. The van der Waals surface area contributed by atoms with Crippen LogP contribution in [0.2, 0.25) is 0 Å². The summed E-state index contributed by atoms with van der Waals surface area (Å²) in [6.45, 7) is 4.56. The molecule has 0 aliphatic carbocycles. The highest BCUT2D eigenvalue weighted by Crippen LogP contribution is 2.45. The van der Waals surface area contributed by atoms with Crippen molar-refractivity contribution in [3.8, 4) is 0 Å². The van der Waals surface area contributed by atoms with E-state index < -0.39 is 97.5 Å². The van der Waals surface area contributed by atoms with Gasteiger partial charge in [0, 0.05) is 25.7 Å². The number of allylic oxidation sites excluding steroid dienone is 18. The van der Waals surface area contributed by atoms with Gasteiger partial charge in [-0.3, -0.25) is 37.3 Å².